The predicted molar refractivity (Wildman–Crippen MR) is 83.6 cm³/mol. The lowest BCUT2D eigenvalue weighted by molar-refractivity contribution is 0.324. The number of epoxide rings is 1. The van der Waals surface area contributed by atoms with E-state index < -0.39 is 0 Å². The summed E-state index contributed by atoms with van der Waals surface area (Å²) in [4.78, 5) is 0. The average molecular weight is 276 g/mol. The lowest BCUT2D eigenvalue weighted by atomic mass is 9.82. The molecule has 1 aromatic rings. The standard InChI is InChI=1S/C18H28O2/c1-11-8-14(10-12(2)16-13(3)20-16)17(19-7)15(9-11)18(4,5)6/h8-9,12-13,16H,10H2,1-7H3. The van der Waals surface area contributed by atoms with Crippen LogP contribution in [0, 0.1) is 12.8 Å². The van der Waals surface area contributed by atoms with Gasteiger partial charge in [0.25, 0.3) is 0 Å². The van der Waals surface area contributed by atoms with Gasteiger partial charge < -0.3 is 9.47 Å². The van der Waals surface area contributed by atoms with Crippen LogP contribution >= 0.6 is 0 Å². The van der Waals surface area contributed by atoms with Crippen LogP contribution in [0.2, 0.25) is 0 Å². The van der Waals surface area contributed by atoms with Crippen molar-refractivity contribution < 1.29 is 9.47 Å². The van der Waals surface area contributed by atoms with Crippen LogP contribution in [0.1, 0.15) is 51.3 Å². The molecule has 0 spiro atoms. The molecule has 1 aromatic carbocycles. The van der Waals surface area contributed by atoms with Crippen LogP contribution in [0.15, 0.2) is 12.1 Å². The summed E-state index contributed by atoms with van der Waals surface area (Å²) in [5, 5.41) is 0. The lowest BCUT2D eigenvalue weighted by Crippen LogP contribution is -2.16. The number of rotatable bonds is 4. The highest BCUT2D eigenvalue weighted by molar-refractivity contribution is 5.48. The Balaban J connectivity index is 2.34. The van der Waals surface area contributed by atoms with Crippen LogP contribution in [-0.2, 0) is 16.6 Å². The zero-order valence-corrected chi connectivity index (χ0v) is 13.9. The van der Waals surface area contributed by atoms with Gasteiger partial charge in [-0.25, -0.2) is 0 Å². The molecule has 0 radical (unpaired) electrons. The highest BCUT2D eigenvalue weighted by Gasteiger charge is 2.39. The SMILES string of the molecule is COc1c(CC(C)C2OC2C)cc(C)cc1C(C)(C)C. The molecule has 1 aliphatic heterocycles. The molecule has 112 valence electrons. The Hall–Kier alpha value is -1.02. The van der Waals surface area contributed by atoms with E-state index in [0.717, 1.165) is 12.2 Å². The highest BCUT2D eigenvalue weighted by atomic mass is 16.6. The van der Waals surface area contributed by atoms with Crippen LogP contribution in [0.3, 0.4) is 0 Å². The zero-order valence-electron chi connectivity index (χ0n) is 13.9. The molecule has 0 saturated carbocycles. The van der Waals surface area contributed by atoms with Crippen molar-refractivity contribution in [2.45, 2.75) is 65.6 Å². The molecule has 2 rings (SSSR count). The normalized spacial score (nSPS) is 23.6. The van der Waals surface area contributed by atoms with Gasteiger partial charge in [-0.2, -0.15) is 0 Å². The van der Waals surface area contributed by atoms with Crippen LogP contribution < -0.4 is 4.74 Å². The van der Waals surface area contributed by atoms with Crippen molar-refractivity contribution >= 4 is 0 Å². The van der Waals surface area contributed by atoms with E-state index in [1.807, 2.05) is 0 Å². The van der Waals surface area contributed by atoms with Crippen LogP contribution in [0.25, 0.3) is 0 Å². The molecule has 2 heteroatoms. The Labute approximate surface area is 123 Å². The number of benzene rings is 1. The van der Waals surface area contributed by atoms with Gasteiger partial charge in [-0.15, -0.1) is 0 Å². The first-order valence-electron chi connectivity index (χ1n) is 7.57. The Kier molecular flexibility index (Phi) is 4.15. The minimum absolute atomic E-state index is 0.0960. The van der Waals surface area contributed by atoms with Gasteiger partial charge in [0.1, 0.15) is 5.75 Å². The van der Waals surface area contributed by atoms with Gasteiger partial charge in [-0.3, -0.25) is 0 Å². The molecule has 0 aliphatic carbocycles. The highest BCUT2D eigenvalue weighted by Crippen LogP contribution is 2.38. The summed E-state index contributed by atoms with van der Waals surface area (Å²) in [6.07, 6.45) is 1.85. The van der Waals surface area contributed by atoms with Crippen LogP contribution in [0.4, 0.5) is 0 Å². The zero-order chi connectivity index (χ0) is 15.1. The number of hydrogen-bond acceptors (Lipinski definition) is 2. The minimum Gasteiger partial charge on any atom is -0.496 e. The molecule has 2 nitrogen and oxygen atoms in total. The molecule has 0 amide bonds. The second kappa shape index (κ2) is 5.40. The first-order chi connectivity index (χ1) is 9.24. The Morgan fingerprint density at radius 3 is 2.35 bits per heavy atom. The Bertz CT molecular complexity index is 485. The maximum Gasteiger partial charge on any atom is 0.125 e. The molecule has 1 aliphatic rings. The molecule has 3 unspecified atom stereocenters. The summed E-state index contributed by atoms with van der Waals surface area (Å²) < 4.78 is 11.4. The Morgan fingerprint density at radius 2 is 1.90 bits per heavy atom. The maximum absolute atomic E-state index is 5.75. The summed E-state index contributed by atoms with van der Waals surface area (Å²) in [6.45, 7) is 13.3. The molecule has 0 bridgehead atoms. The summed E-state index contributed by atoms with van der Waals surface area (Å²) in [7, 11) is 1.78. The van der Waals surface area contributed by atoms with E-state index >= 15 is 0 Å². The largest absolute Gasteiger partial charge is 0.496 e. The molecule has 20 heavy (non-hydrogen) atoms. The van der Waals surface area contributed by atoms with Gasteiger partial charge in [-0.1, -0.05) is 45.4 Å². The van der Waals surface area contributed by atoms with Crippen molar-refractivity contribution in [2.24, 2.45) is 5.92 Å². The smallest absolute Gasteiger partial charge is 0.125 e. The topological polar surface area (TPSA) is 21.8 Å². The number of ether oxygens (including phenoxy) is 2. The summed E-state index contributed by atoms with van der Waals surface area (Å²) >= 11 is 0. The van der Waals surface area contributed by atoms with Crippen LogP contribution in [0.5, 0.6) is 5.75 Å². The quantitative estimate of drug-likeness (QED) is 0.766. The molecule has 0 aromatic heterocycles. The number of methoxy groups -OCH3 is 1. The fraction of sp³-hybridized carbons (Fsp3) is 0.667. The van der Waals surface area contributed by atoms with E-state index in [1.54, 1.807) is 7.11 Å². The minimum atomic E-state index is 0.0960. The van der Waals surface area contributed by atoms with E-state index in [0.29, 0.717) is 18.1 Å². The second-order valence-electron chi connectivity index (χ2n) is 7.24. The van der Waals surface area contributed by atoms with Crippen molar-refractivity contribution in [1.29, 1.82) is 0 Å². The fourth-order valence-corrected chi connectivity index (χ4v) is 3.06. The third kappa shape index (κ3) is 3.17. The van der Waals surface area contributed by atoms with Gasteiger partial charge in [0.05, 0.1) is 19.3 Å². The summed E-state index contributed by atoms with van der Waals surface area (Å²) in [5.74, 6) is 1.59. The van der Waals surface area contributed by atoms with Gasteiger partial charge in [0, 0.05) is 5.56 Å². The average Bonchev–Trinajstić information content (AvgIpc) is 3.04. The summed E-state index contributed by atoms with van der Waals surface area (Å²) in [5.41, 5.74) is 4.01. The third-order valence-corrected chi connectivity index (χ3v) is 4.18. The molecule has 3 atom stereocenters. The maximum atomic E-state index is 5.75. The molecular weight excluding hydrogens is 248 g/mol. The lowest BCUT2D eigenvalue weighted by Gasteiger charge is -2.25. The molecule has 1 fully saturated rings. The van der Waals surface area contributed by atoms with E-state index in [9.17, 15) is 0 Å². The van der Waals surface area contributed by atoms with Crippen LogP contribution in [-0.4, -0.2) is 19.3 Å². The van der Waals surface area contributed by atoms with Crippen molar-refractivity contribution in [3.05, 3.63) is 28.8 Å². The van der Waals surface area contributed by atoms with Crippen molar-refractivity contribution in [1.82, 2.24) is 0 Å². The van der Waals surface area contributed by atoms with Gasteiger partial charge in [0.15, 0.2) is 0 Å². The molecule has 0 N–H and O–H groups in total. The molecule has 1 heterocycles. The van der Waals surface area contributed by atoms with E-state index in [-0.39, 0.29) is 5.41 Å². The molecule has 1 saturated heterocycles. The van der Waals surface area contributed by atoms with E-state index in [2.05, 4.69) is 53.7 Å². The predicted octanol–water partition coefficient (Wildman–Crippen LogP) is 4.27. The fourth-order valence-electron chi connectivity index (χ4n) is 3.06. The third-order valence-electron chi connectivity index (χ3n) is 4.18. The van der Waals surface area contributed by atoms with Crippen molar-refractivity contribution in [3.8, 4) is 5.75 Å². The summed E-state index contributed by atoms with van der Waals surface area (Å²) in [6, 6.07) is 4.51. The van der Waals surface area contributed by atoms with Gasteiger partial charge in [-0.05, 0) is 37.2 Å². The number of aryl methyl sites for hydroxylation is 1. The second-order valence-corrected chi connectivity index (χ2v) is 7.24. The Morgan fingerprint density at radius 1 is 1.30 bits per heavy atom. The molecular formula is C18H28O2. The van der Waals surface area contributed by atoms with Crippen molar-refractivity contribution in [2.75, 3.05) is 7.11 Å². The number of hydrogen-bond donors (Lipinski definition) is 0. The first kappa shape index (κ1) is 15.4. The first-order valence-corrected chi connectivity index (χ1v) is 7.57. The monoisotopic (exact) mass is 276 g/mol. The van der Waals surface area contributed by atoms with Crippen molar-refractivity contribution in [3.63, 3.8) is 0 Å². The van der Waals surface area contributed by atoms with E-state index in [4.69, 9.17) is 9.47 Å². The van der Waals surface area contributed by atoms with Gasteiger partial charge >= 0.3 is 0 Å². The van der Waals surface area contributed by atoms with E-state index in [1.165, 1.54) is 16.7 Å². The van der Waals surface area contributed by atoms with Gasteiger partial charge in [0.2, 0.25) is 0 Å².